The molecule has 5 rings (SSSR count). The Bertz CT molecular complexity index is 1290. The predicted octanol–water partition coefficient (Wildman–Crippen LogP) is 6.99. The number of aryl methyl sites for hydroxylation is 2. The molecule has 164 valence electrons. The van der Waals surface area contributed by atoms with Gasteiger partial charge in [-0.2, -0.15) is 0 Å². The smallest absolute Gasteiger partial charge is 0.121 e. The van der Waals surface area contributed by atoms with Crippen LogP contribution in [-0.2, 0) is 6.54 Å². The van der Waals surface area contributed by atoms with E-state index in [2.05, 4.69) is 109 Å². The summed E-state index contributed by atoms with van der Waals surface area (Å²) in [6, 6.07) is 38.0. The first-order chi connectivity index (χ1) is 16.3. The third-order valence-corrected chi connectivity index (χ3v) is 5.99. The highest BCUT2D eigenvalue weighted by atomic mass is 16.5. The first kappa shape index (κ1) is 21.0. The molecule has 3 heteroatoms. The van der Waals surface area contributed by atoms with E-state index in [1.54, 1.807) is 0 Å². The van der Waals surface area contributed by atoms with Crippen LogP contribution in [0.5, 0.6) is 5.75 Å². The summed E-state index contributed by atoms with van der Waals surface area (Å²) in [4.78, 5) is 5.14. The van der Waals surface area contributed by atoms with Crippen molar-refractivity contribution >= 4 is 11.0 Å². The molecule has 0 aliphatic rings. The molecule has 5 aromatic rings. The Hall–Kier alpha value is -3.85. The lowest BCUT2D eigenvalue weighted by molar-refractivity contribution is 0.301. The summed E-state index contributed by atoms with van der Waals surface area (Å²) in [7, 11) is 0. The lowest BCUT2D eigenvalue weighted by Crippen LogP contribution is -2.13. The summed E-state index contributed by atoms with van der Waals surface area (Å²) in [5.74, 6) is 2.07. The number of hydrogen-bond donors (Lipinski definition) is 0. The van der Waals surface area contributed by atoms with Crippen LogP contribution in [0.15, 0.2) is 109 Å². The fraction of sp³-hybridized carbons (Fsp3) is 0.167. The third-order valence-electron chi connectivity index (χ3n) is 5.99. The van der Waals surface area contributed by atoms with Gasteiger partial charge in [-0.05, 0) is 54.3 Å². The zero-order valence-corrected chi connectivity index (χ0v) is 18.9. The maximum Gasteiger partial charge on any atom is 0.121 e. The Kier molecular flexibility index (Phi) is 6.21. The van der Waals surface area contributed by atoms with Gasteiger partial charge in [0.15, 0.2) is 0 Å². The Labute approximate surface area is 195 Å². The van der Waals surface area contributed by atoms with E-state index in [4.69, 9.17) is 9.72 Å². The van der Waals surface area contributed by atoms with Gasteiger partial charge in [0.1, 0.15) is 11.6 Å². The van der Waals surface area contributed by atoms with Crippen molar-refractivity contribution in [2.75, 3.05) is 6.61 Å². The van der Waals surface area contributed by atoms with E-state index in [1.807, 2.05) is 12.1 Å². The van der Waals surface area contributed by atoms with Gasteiger partial charge in [-0.1, -0.05) is 84.9 Å². The lowest BCUT2D eigenvalue weighted by atomic mass is 9.90. The lowest BCUT2D eigenvalue weighted by Gasteiger charge is -2.20. The van der Waals surface area contributed by atoms with Crippen LogP contribution in [0.3, 0.4) is 0 Å². The second-order valence-corrected chi connectivity index (χ2v) is 8.38. The molecule has 0 N–H and O–H groups in total. The minimum Gasteiger partial charge on any atom is -0.494 e. The van der Waals surface area contributed by atoms with Gasteiger partial charge in [0, 0.05) is 6.54 Å². The van der Waals surface area contributed by atoms with Crippen molar-refractivity contribution in [1.29, 1.82) is 0 Å². The molecule has 0 spiro atoms. The number of rotatable bonds is 8. The summed E-state index contributed by atoms with van der Waals surface area (Å²) in [5.41, 5.74) is 5.90. The van der Waals surface area contributed by atoms with Crippen LogP contribution in [0, 0.1) is 6.92 Å². The van der Waals surface area contributed by atoms with Crippen molar-refractivity contribution in [3.8, 4) is 5.75 Å². The SMILES string of the molecule is Cc1cccc(OCCCn2c(C(c3ccccc3)c3ccccc3)nc3ccccc32)c1. The molecule has 0 bridgehead atoms. The van der Waals surface area contributed by atoms with Gasteiger partial charge in [0.25, 0.3) is 0 Å². The molecular weight excluding hydrogens is 404 g/mol. The predicted molar refractivity (Wildman–Crippen MR) is 135 cm³/mol. The Morgan fingerprint density at radius 1 is 0.758 bits per heavy atom. The summed E-state index contributed by atoms with van der Waals surface area (Å²) in [6.07, 6.45) is 0.900. The standard InChI is InChI=1S/C30H28N2O/c1-23-12-10-17-26(22-23)33-21-11-20-32-28-19-9-8-18-27(28)31-30(32)29(24-13-4-2-5-14-24)25-15-6-3-7-16-25/h2-10,12-19,22,29H,11,20-21H2,1H3. The van der Waals surface area contributed by atoms with Crippen molar-refractivity contribution in [1.82, 2.24) is 9.55 Å². The van der Waals surface area contributed by atoms with E-state index in [-0.39, 0.29) is 5.92 Å². The van der Waals surface area contributed by atoms with Crippen LogP contribution in [0.4, 0.5) is 0 Å². The number of para-hydroxylation sites is 2. The van der Waals surface area contributed by atoms with Gasteiger partial charge in [-0.15, -0.1) is 0 Å². The van der Waals surface area contributed by atoms with Crippen LogP contribution in [0.1, 0.15) is 34.9 Å². The van der Waals surface area contributed by atoms with Crippen molar-refractivity contribution in [3.05, 3.63) is 132 Å². The van der Waals surface area contributed by atoms with Gasteiger partial charge >= 0.3 is 0 Å². The summed E-state index contributed by atoms with van der Waals surface area (Å²) in [5, 5.41) is 0. The van der Waals surface area contributed by atoms with Crippen molar-refractivity contribution in [2.45, 2.75) is 25.8 Å². The van der Waals surface area contributed by atoms with Crippen molar-refractivity contribution in [3.63, 3.8) is 0 Å². The highest BCUT2D eigenvalue weighted by Crippen LogP contribution is 2.33. The summed E-state index contributed by atoms with van der Waals surface area (Å²) >= 11 is 0. The average Bonchev–Trinajstić information content (AvgIpc) is 3.21. The van der Waals surface area contributed by atoms with E-state index in [9.17, 15) is 0 Å². The minimum atomic E-state index is 0.0671. The molecule has 0 saturated carbocycles. The van der Waals surface area contributed by atoms with Gasteiger partial charge < -0.3 is 9.30 Å². The molecule has 3 nitrogen and oxygen atoms in total. The summed E-state index contributed by atoms with van der Waals surface area (Å²) in [6.45, 7) is 3.60. The molecule has 0 aliphatic heterocycles. The van der Waals surface area contributed by atoms with Crippen LogP contribution < -0.4 is 4.74 Å². The van der Waals surface area contributed by atoms with Gasteiger partial charge in [-0.25, -0.2) is 4.98 Å². The van der Waals surface area contributed by atoms with Crippen LogP contribution in [0.2, 0.25) is 0 Å². The highest BCUT2D eigenvalue weighted by molar-refractivity contribution is 5.76. The molecule has 1 heterocycles. The fourth-order valence-electron chi connectivity index (χ4n) is 4.45. The normalized spacial score (nSPS) is 11.2. The largest absolute Gasteiger partial charge is 0.494 e. The number of fused-ring (bicyclic) bond motifs is 1. The highest BCUT2D eigenvalue weighted by Gasteiger charge is 2.23. The molecular formula is C30H28N2O. The number of ether oxygens (including phenoxy) is 1. The topological polar surface area (TPSA) is 27.1 Å². The number of benzene rings is 4. The fourth-order valence-corrected chi connectivity index (χ4v) is 4.45. The zero-order chi connectivity index (χ0) is 22.5. The van der Waals surface area contributed by atoms with Gasteiger partial charge in [0.05, 0.1) is 23.6 Å². The molecule has 0 unspecified atom stereocenters. The molecule has 0 fully saturated rings. The van der Waals surface area contributed by atoms with E-state index in [1.165, 1.54) is 22.2 Å². The molecule has 33 heavy (non-hydrogen) atoms. The average molecular weight is 433 g/mol. The maximum absolute atomic E-state index is 6.03. The van der Waals surface area contributed by atoms with Crippen LogP contribution in [-0.4, -0.2) is 16.2 Å². The molecule has 0 atom stereocenters. The number of nitrogens with zero attached hydrogens (tertiary/aromatic N) is 2. The molecule has 1 aromatic heterocycles. The minimum absolute atomic E-state index is 0.0671. The zero-order valence-electron chi connectivity index (χ0n) is 18.9. The first-order valence-corrected chi connectivity index (χ1v) is 11.5. The Morgan fingerprint density at radius 2 is 1.42 bits per heavy atom. The van der Waals surface area contributed by atoms with E-state index in [0.717, 1.165) is 30.1 Å². The first-order valence-electron chi connectivity index (χ1n) is 11.5. The second-order valence-electron chi connectivity index (χ2n) is 8.38. The van der Waals surface area contributed by atoms with E-state index >= 15 is 0 Å². The van der Waals surface area contributed by atoms with Crippen LogP contribution in [0.25, 0.3) is 11.0 Å². The third kappa shape index (κ3) is 4.68. The molecule has 0 radical (unpaired) electrons. The number of hydrogen-bond acceptors (Lipinski definition) is 2. The van der Waals surface area contributed by atoms with Crippen molar-refractivity contribution in [2.24, 2.45) is 0 Å². The second kappa shape index (κ2) is 9.74. The molecule has 0 amide bonds. The molecule has 4 aromatic carbocycles. The number of imidazole rings is 1. The quantitative estimate of drug-likeness (QED) is 0.247. The monoisotopic (exact) mass is 432 g/mol. The summed E-state index contributed by atoms with van der Waals surface area (Å²) < 4.78 is 8.41. The van der Waals surface area contributed by atoms with Gasteiger partial charge in [-0.3, -0.25) is 0 Å². The Morgan fingerprint density at radius 3 is 2.12 bits per heavy atom. The van der Waals surface area contributed by atoms with Gasteiger partial charge in [0.2, 0.25) is 0 Å². The molecule has 0 aliphatic carbocycles. The van der Waals surface area contributed by atoms with Crippen LogP contribution >= 0.6 is 0 Å². The van der Waals surface area contributed by atoms with Crippen molar-refractivity contribution < 1.29 is 4.74 Å². The molecule has 0 saturated heterocycles. The maximum atomic E-state index is 6.03. The van der Waals surface area contributed by atoms with E-state index in [0.29, 0.717) is 6.61 Å². The number of aromatic nitrogens is 2. The Balaban J connectivity index is 1.48. The van der Waals surface area contributed by atoms with E-state index < -0.39 is 0 Å².